The first kappa shape index (κ1) is 18.9. The average molecular weight is 381 g/mol. The van der Waals surface area contributed by atoms with Crippen LogP contribution >= 0.6 is 0 Å². The van der Waals surface area contributed by atoms with Gasteiger partial charge in [-0.25, -0.2) is 4.79 Å². The number of aromatic nitrogens is 1. The molecule has 1 fully saturated rings. The summed E-state index contributed by atoms with van der Waals surface area (Å²) >= 11 is 0. The maximum Gasteiger partial charge on any atom is 0.338 e. The number of rotatable bonds is 6. The fourth-order valence-electron chi connectivity index (χ4n) is 4.35. The number of carbonyl (C=O) groups is 2. The van der Waals surface area contributed by atoms with Crippen molar-refractivity contribution in [1.29, 1.82) is 0 Å². The van der Waals surface area contributed by atoms with Gasteiger partial charge >= 0.3 is 5.97 Å². The summed E-state index contributed by atoms with van der Waals surface area (Å²) in [6.07, 6.45) is 5.57. The molecule has 0 radical (unpaired) electrons. The number of carbonyl (C=O) groups excluding carboxylic acids is 2. The zero-order valence-corrected chi connectivity index (χ0v) is 16.6. The van der Waals surface area contributed by atoms with Crippen LogP contribution in [0.1, 0.15) is 62.5 Å². The molecule has 2 aromatic rings. The molecule has 5 heteroatoms. The standard InChI is InChI=1S/C23H27NO4/c1-15-11-21(16(2)24(15)13-20-7-4-10-27-20)22(25)14-28-23(26)19-9-8-17-5-3-6-18(17)12-19/h8-9,11-12,20H,3-7,10,13-14H2,1-2H3/t20-/m0/s1. The molecule has 1 saturated heterocycles. The quantitative estimate of drug-likeness (QED) is 0.564. The van der Waals surface area contributed by atoms with Crippen LogP contribution in [0.15, 0.2) is 24.3 Å². The Morgan fingerprint density at radius 1 is 1.14 bits per heavy atom. The third kappa shape index (κ3) is 3.76. The van der Waals surface area contributed by atoms with Crippen LogP contribution in [0.2, 0.25) is 0 Å². The highest BCUT2D eigenvalue weighted by atomic mass is 16.5. The minimum absolute atomic E-state index is 0.166. The Labute approximate surface area is 165 Å². The zero-order chi connectivity index (χ0) is 19.7. The van der Waals surface area contributed by atoms with Crippen LogP contribution in [0.5, 0.6) is 0 Å². The molecule has 4 rings (SSSR count). The van der Waals surface area contributed by atoms with Gasteiger partial charge in [0.2, 0.25) is 5.78 Å². The molecule has 0 bridgehead atoms. The second kappa shape index (κ2) is 7.92. The molecule has 0 spiro atoms. The predicted molar refractivity (Wildman–Crippen MR) is 106 cm³/mol. The SMILES string of the molecule is Cc1cc(C(=O)COC(=O)c2ccc3c(c2)CCC3)c(C)n1C[C@@H]1CCCO1. The molecule has 1 aromatic carbocycles. The minimum atomic E-state index is -0.434. The van der Waals surface area contributed by atoms with E-state index in [-0.39, 0.29) is 18.5 Å². The maximum absolute atomic E-state index is 12.7. The molecule has 1 aliphatic heterocycles. The number of esters is 1. The highest BCUT2D eigenvalue weighted by Gasteiger charge is 2.22. The van der Waals surface area contributed by atoms with E-state index in [4.69, 9.17) is 9.47 Å². The molecule has 1 atom stereocenters. The zero-order valence-electron chi connectivity index (χ0n) is 16.6. The third-order valence-electron chi connectivity index (χ3n) is 5.95. The minimum Gasteiger partial charge on any atom is -0.454 e. The first-order chi connectivity index (χ1) is 13.5. The summed E-state index contributed by atoms with van der Waals surface area (Å²) < 4.78 is 13.2. The van der Waals surface area contributed by atoms with Crippen LogP contribution in [0.25, 0.3) is 0 Å². The van der Waals surface area contributed by atoms with Crippen molar-refractivity contribution in [2.75, 3.05) is 13.2 Å². The van der Waals surface area contributed by atoms with E-state index in [1.807, 2.05) is 32.0 Å². The van der Waals surface area contributed by atoms with Crippen molar-refractivity contribution in [1.82, 2.24) is 4.57 Å². The molecule has 1 aromatic heterocycles. The summed E-state index contributed by atoms with van der Waals surface area (Å²) in [5, 5.41) is 0. The van der Waals surface area contributed by atoms with Crippen molar-refractivity contribution < 1.29 is 19.1 Å². The van der Waals surface area contributed by atoms with Crippen LogP contribution in [0.3, 0.4) is 0 Å². The summed E-state index contributed by atoms with van der Waals surface area (Å²) in [5.41, 5.74) is 5.62. The Kier molecular flexibility index (Phi) is 5.36. The Hall–Kier alpha value is -2.40. The second-order valence-corrected chi connectivity index (χ2v) is 7.87. The van der Waals surface area contributed by atoms with Gasteiger partial charge in [-0.15, -0.1) is 0 Å². The molecule has 148 valence electrons. The fourth-order valence-corrected chi connectivity index (χ4v) is 4.35. The Bertz CT molecular complexity index is 906. The largest absolute Gasteiger partial charge is 0.454 e. The lowest BCUT2D eigenvalue weighted by Crippen LogP contribution is -2.18. The summed E-state index contributed by atoms with van der Waals surface area (Å²) in [7, 11) is 0. The van der Waals surface area contributed by atoms with Crippen LogP contribution in [0, 0.1) is 13.8 Å². The van der Waals surface area contributed by atoms with E-state index >= 15 is 0 Å². The number of benzene rings is 1. The lowest BCUT2D eigenvalue weighted by atomic mass is 10.1. The number of hydrogen-bond acceptors (Lipinski definition) is 4. The number of nitrogens with zero attached hydrogens (tertiary/aromatic N) is 1. The maximum atomic E-state index is 12.7. The molecule has 1 aliphatic carbocycles. The van der Waals surface area contributed by atoms with Gasteiger partial charge in [-0.3, -0.25) is 4.79 Å². The first-order valence-electron chi connectivity index (χ1n) is 10.1. The number of aryl methyl sites for hydroxylation is 3. The molecule has 2 heterocycles. The van der Waals surface area contributed by atoms with E-state index in [1.165, 1.54) is 11.1 Å². The smallest absolute Gasteiger partial charge is 0.338 e. The average Bonchev–Trinajstić information content (AvgIpc) is 3.42. The van der Waals surface area contributed by atoms with Crippen molar-refractivity contribution in [3.05, 3.63) is 57.9 Å². The van der Waals surface area contributed by atoms with Gasteiger partial charge in [0.1, 0.15) is 0 Å². The van der Waals surface area contributed by atoms with Gasteiger partial charge in [-0.2, -0.15) is 0 Å². The topological polar surface area (TPSA) is 57.5 Å². The predicted octanol–water partition coefficient (Wildman–Crippen LogP) is 3.81. The number of Topliss-reactive ketones (excluding diaryl/α,β-unsaturated/α-hetero) is 1. The van der Waals surface area contributed by atoms with Crippen molar-refractivity contribution in [2.45, 2.75) is 58.6 Å². The van der Waals surface area contributed by atoms with Crippen molar-refractivity contribution in [2.24, 2.45) is 0 Å². The summed E-state index contributed by atoms with van der Waals surface area (Å²) in [4.78, 5) is 25.0. The van der Waals surface area contributed by atoms with Crippen LogP contribution < -0.4 is 0 Å². The molecule has 0 amide bonds. The van der Waals surface area contributed by atoms with E-state index in [0.717, 1.165) is 56.6 Å². The van der Waals surface area contributed by atoms with E-state index in [0.29, 0.717) is 11.1 Å². The lowest BCUT2D eigenvalue weighted by Gasteiger charge is -2.14. The van der Waals surface area contributed by atoms with Gasteiger partial charge in [0, 0.05) is 30.1 Å². The number of ketones is 1. The van der Waals surface area contributed by atoms with Crippen LogP contribution in [-0.4, -0.2) is 35.6 Å². The van der Waals surface area contributed by atoms with E-state index in [2.05, 4.69) is 4.57 Å². The second-order valence-electron chi connectivity index (χ2n) is 7.87. The molecule has 2 aliphatic rings. The molecule has 5 nitrogen and oxygen atoms in total. The van der Waals surface area contributed by atoms with Crippen LogP contribution in [-0.2, 0) is 28.9 Å². The molecule has 0 saturated carbocycles. The van der Waals surface area contributed by atoms with E-state index < -0.39 is 5.97 Å². The monoisotopic (exact) mass is 381 g/mol. The Morgan fingerprint density at radius 3 is 2.75 bits per heavy atom. The fraction of sp³-hybridized carbons (Fsp3) is 0.478. The summed E-state index contributed by atoms with van der Waals surface area (Å²) in [6, 6.07) is 7.59. The highest BCUT2D eigenvalue weighted by molar-refractivity contribution is 6.00. The van der Waals surface area contributed by atoms with Gasteiger partial charge in [-0.05, 0) is 75.3 Å². The molecular formula is C23H27NO4. The molecule has 0 unspecified atom stereocenters. The van der Waals surface area contributed by atoms with Crippen LogP contribution in [0.4, 0.5) is 0 Å². The lowest BCUT2D eigenvalue weighted by molar-refractivity contribution is 0.0474. The van der Waals surface area contributed by atoms with Crippen molar-refractivity contribution in [3.63, 3.8) is 0 Å². The van der Waals surface area contributed by atoms with Gasteiger partial charge in [0.05, 0.1) is 11.7 Å². The van der Waals surface area contributed by atoms with E-state index in [9.17, 15) is 9.59 Å². The van der Waals surface area contributed by atoms with Gasteiger partial charge in [0.15, 0.2) is 6.61 Å². The van der Waals surface area contributed by atoms with Crippen molar-refractivity contribution in [3.8, 4) is 0 Å². The number of ether oxygens (including phenoxy) is 2. The third-order valence-corrected chi connectivity index (χ3v) is 5.95. The molecular weight excluding hydrogens is 354 g/mol. The molecule has 28 heavy (non-hydrogen) atoms. The van der Waals surface area contributed by atoms with Gasteiger partial charge in [0.25, 0.3) is 0 Å². The molecule has 0 N–H and O–H groups in total. The highest BCUT2D eigenvalue weighted by Crippen LogP contribution is 2.24. The summed E-state index contributed by atoms with van der Waals surface area (Å²) in [5.74, 6) is -0.600. The number of fused-ring (bicyclic) bond motifs is 1. The normalized spacial score (nSPS) is 18.3. The summed E-state index contributed by atoms with van der Waals surface area (Å²) in [6.45, 7) is 5.28. The Morgan fingerprint density at radius 2 is 1.96 bits per heavy atom. The van der Waals surface area contributed by atoms with Crippen molar-refractivity contribution >= 4 is 11.8 Å². The van der Waals surface area contributed by atoms with Gasteiger partial charge in [-0.1, -0.05) is 6.07 Å². The van der Waals surface area contributed by atoms with E-state index in [1.54, 1.807) is 6.07 Å². The van der Waals surface area contributed by atoms with Gasteiger partial charge < -0.3 is 14.0 Å². The first-order valence-corrected chi connectivity index (χ1v) is 10.1. The number of hydrogen-bond donors (Lipinski definition) is 0. The Balaban J connectivity index is 1.40.